The number of piperazine rings is 1. The minimum absolute atomic E-state index is 0.0109. The second-order valence-electron chi connectivity index (χ2n) is 14.3. The highest BCUT2D eigenvalue weighted by molar-refractivity contribution is 7.99. The van der Waals surface area contributed by atoms with Gasteiger partial charge in [-0.2, -0.15) is 0 Å². The molecular weight excluding hydrogens is 784 g/mol. The molecule has 1 aliphatic rings. The largest absolute Gasteiger partial charge is 0.377 e. The molecule has 5 aromatic carbocycles. The van der Waals surface area contributed by atoms with Crippen LogP contribution in [0.2, 0.25) is 5.02 Å². The molecule has 2 N–H and O–H groups in total. The molecule has 1 fully saturated rings. The van der Waals surface area contributed by atoms with Crippen molar-refractivity contribution in [2.45, 2.75) is 28.8 Å². The van der Waals surface area contributed by atoms with Crippen LogP contribution in [0.25, 0.3) is 22.0 Å². The van der Waals surface area contributed by atoms with Gasteiger partial charge in [-0.3, -0.25) is 9.62 Å². The maximum atomic E-state index is 15.6. The van der Waals surface area contributed by atoms with Crippen molar-refractivity contribution >= 4 is 61.5 Å². The standard InChI is InChI=1S/C43H44ClF2N7O2S2/c1-51(2)18-17-33(28-56-35-11-7-4-8-12-35)49-42-39(45)25-36(26-40(42)46)57(54,55)50-43-38-16-14-34(24-41(38)47-29-48-43)53-21-19-52(20-22-53)27-31-23-32(44)13-15-37(31)30-9-5-3-6-10-30/h3-16,23-26,29,33,49H,17-22,27-28H2,1-2H3,(H,47,48,50). The first-order valence-electron chi connectivity index (χ1n) is 18.7. The highest BCUT2D eigenvalue weighted by atomic mass is 35.5. The predicted molar refractivity (Wildman–Crippen MR) is 229 cm³/mol. The van der Waals surface area contributed by atoms with Gasteiger partial charge in [0.15, 0.2) is 17.5 Å². The number of thioether (sulfide) groups is 1. The van der Waals surface area contributed by atoms with Gasteiger partial charge in [-0.1, -0.05) is 66.2 Å². The molecular formula is C43H44ClF2N7O2S2. The predicted octanol–water partition coefficient (Wildman–Crippen LogP) is 8.88. The Bertz CT molecular complexity index is 2400. The Morgan fingerprint density at radius 2 is 1.56 bits per heavy atom. The van der Waals surface area contributed by atoms with Crippen LogP contribution in [0.15, 0.2) is 125 Å². The maximum Gasteiger partial charge on any atom is 0.263 e. The highest BCUT2D eigenvalue weighted by Crippen LogP contribution is 2.32. The molecule has 0 bridgehead atoms. The lowest BCUT2D eigenvalue weighted by atomic mass is 9.99. The summed E-state index contributed by atoms with van der Waals surface area (Å²) >= 11 is 7.99. The smallest absolute Gasteiger partial charge is 0.263 e. The number of nitrogens with one attached hydrogen (secondary N) is 2. The normalized spacial score (nSPS) is 14.2. The zero-order chi connectivity index (χ0) is 39.9. The van der Waals surface area contributed by atoms with Crippen LogP contribution in [0, 0.1) is 11.6 Å². The van der Waals surface area contributed by atoms with E-state index in [2.05, 4.69) is 48.0 Å². The van der Waals surface area contributed by atoms with E-state index in [9.17, 15) is 8.42 Å². The van der Waals surface area contributed by atoms with E-state index in [0.29, 0.717) is 34.6 Å². The maximum absolute atomic E-state index is 15.6. The Balaban J connectivity index is 1.02. The summed E-state index contributed by atoms with van der Waals surface area (Å²) in [5, 5.41) is 4.17. The van der Waals surface area contributed by atoms with Crippen molar-refractivity contribution in [3.63, 3.8) is 0 Å². The molecule has 6 aromatic rings. The van der Waals surface area contributed by atoms with Crippen LogP contribution in [-0.4, -0.2) is 86.8 Å². The number of sulfonamides is 1. The van der Waals surface area contributed by atoms with Crippen LogP contribution in [-0.2, 0) is 16.6 Å². The average Bonchev–Trinajstić information content (AvgIpc) is 3.20. The number of halogens is 3. The molecule has 0 spiro atoms. The van der Waals surface area contributed by atoms with Crippen molar-refractivity contribution < 1.29 is 17.2 Å². The third-order valence-electron chi connectivity index (χ3n) is 9.93. The minimum Gasteiger partial charge on any atom is -0.377 e. The number of hydrogen-bond donors (Lipinski definition) is 2. The molecule has 7 rings (SSSR count). The summed E-state index contributed by atoms with van der Waals surface area (Å²) in [5.74, 6) is -1.44. The Morgan fingerprint density at radius 3 is 2.26 bits per heavy atom. The monoisotopic (exact) mass is 827 g/mol. The molecule has 0 aliphatic carbocycles. The summed E-state index contributed by atoms with van der Waals surface area (Å²) < 4.78 is 60.7. The average molecular weight is 828 g/mol. The molecule has 1 unspecified atom stereocenters. The molecule has 1 aromatic heterocycles. The number of anilines is 3. The number of hydrogen-bond acceptors (Lipinski definition) is 9. The van der Waals surface area contributed by atoms with Gasteiger partial charge in [0.25, 0.3) is 10.0 Å². The van der Waals surface area contributed by atoms with E-state index in [1.807, 2.05) is 91.8 Å². The van der Waals surface area contributed by atoms with E-state index < -0.39 is 26.6 Å². The Kier molecular flexibility index (Phi) is 12.9. The Morgan fingerprint density at radius 1 is 0.860 bits per heavy atom. The SMILES string of the molecule is CN(C)CCC(CSc1ccccc1)Nc1c(F)cc(S(=O)(=O)Nc2ncnc3cc(N4CCN(Cc5cc(Cl)ccc5-c5ccccc5)CC4)ccc23)cc1F. The van der Waals surface area contributed by atoms with Crippen LogP contribution in [0.1, 0.15) is 12.0 Å². The first kappa shape index (κ1) is 40.4. The van der Waals surface area contributed by atoms with E-state index in [0.717, 1.165) is 61.0 Å². The molecule has 2 heterocycles. The summed E-state index contributed by atoms with van der Waals surface area (Å²) in [7, 11) is -0.566. The Labute approximate surface area is 342 Å². The van der Waals surface area contributed by atoms with Crippen LogP contribution in [0.4, 0.5) is 26.0 Å². The van der Waals surface area contributed by atoms with E-state index in [1.54, 1.807) is 17.8 Å². The zero-order valence-corrected chi connectivity index (χ0v) is 34.1. The third-order valence-corrected chi connectivity index (χ3v) is 12.7. The van der Waals surface area contributed by atoms with Gasteiger partial charge >= 0.3 is 0 Å². The lowest BCUT2D eigenvalue weighted by Gasteiger charge is -2.36. The molecule has 1 aliphatic heterocycles. The van der Waals surface area contributed by atoms with Gasteiger partial charge < -0.3 is 15.1 Å². The first-order chi connectivity index (χ1) is 27.5. The third kappa shape index (κ3) is 10.2. The van der Waals surface area contributed by atoms with Crippen LogP contribution in [0.5, 0.6) is 0 Å². The lowest BCUT2D eigenvalue weighted by molar-refractivity contribution is 0.250. The molecule has 57 heavy (non-hydrogen) atoms. The fourth-order valence-electron chi connectivity index (χ4n) is 6.88. The van der Waals surface area contributed by atoms with Crippen molar-refractivity contribution in [3.05, 3.63) is 138 Å². The topological polar surface area (TPSA) is 93.7 Å². The summed E-state index contributed by atoms with van der Waals surface area (Å²) in [4.78, 5) is 15.8. The van der Waals surface area contributed by atoms with Crippen molar-refractivity contribution in [2.75, 3.05) is 67.5 Å². The number of aromatic nitrogens is 2. The zero-order valence-electron chi connectivity index (χ0n) is 31.7. The minimum atomic E-state index is -4.43. The van der Waals surface area contributed by atoms with Crippen molar-refractivity contribution in [1.29, 1.82) is 0 Å². The second kappa shape index (κ2) is 18.2. The van der Waals surface area contributed by atoms with Gasteiger partial charge in [0.1, 0.15) is 12.0 Å². The molecule has 14 heteroatoms. The van der Waals surface area contributed by atoms with Crippen molar-refractivity contribution in [1.82, 2.24) is 19.8 Å². The first-order valence-corrected chi connectivity index (χ1v) is 21.5. The molecule has 0 saturated carbocycles. The quantitative estimate of drug-likeness (QED) is 0.0986. The molecule has 1 atom stereocenters. The number of nitrogens with zero attached hydrogens (tertiary/aromatic N) is 5. The van der Waals surface area contributed by atoms with Gasteiger partial charge in [0.2, 0.25) is 0 Å². The molecule has 1 saturated heterocycles. The summed E-state index contributed by atoms with van der Waals surface area (Å²) in [5.41, 5.74) is 4.61. The summed E-state index contributed by atoms with van der Waals surface area (Å²) in [6.45, 7) is 4.68. The van der Waals surface area contributed by atoms with E-state index in [-0.39, 0.29) is 17.5 Å². The van der Waals surface area contributed by atoms with Gasteiger partial charge in [0.05, 0.1) is 10.4 Å². The number of fused-ring (bicyclic) bond motifs is 1. The van der Waals surface area contributed by atoms with Crippen molar-refractivity contribution in [2.24, 2.45) is 0 Å². The number of benzene rings is 5. The Hall–Kier alpha value is -4.79. The van der Waals surface area contributed by atoms with Crippen molar-refractivity contribution in [3.8, 4) is 11.1 Å². The van der Waals surface area contributed by atoms with Gasteiger partial charge in [-0.05, 0) is 98.3 Å². The van der Waals surface area contributed by atoms with Crippen LogP contribution >= 0.6 is 23.4 Å². The fraction of sp³-hybridized carbons (Fsp3) is 0.256. The van der Waals surface area contributed by atoms with Crippen LogP contribution in [0.3, 0.4) is 0 Å². The summed E-state index contributed by atoms with van der Waals surface area (Å²) in [6.07, 6.45) is 1.89. The van der Waals surface area contributed by atoms with Gasteiger partial charge in [-0.15, -0.1) is 11.8 Å². The molecule has 0 amide bonds. The number of rotatable bonds is 15. The van der Waals surface area contributed by atoms with Gasteiger partial charge in [0, 0.05) is 65.5 Å². The van der Waals surface area contributed by atoms with E-state index >= 15 is 8.78 Å². The fourth-order valence-corrected chi connectivity index (χ4v) is 9.12. The highest BCUT2D eigenvalue weighted by Gasteiger charge is 2.24. The second-order valence-corrected chi connectivity index (χ2v) is 17.5. The molecule has 9 nitrogen and oxygen atoms in total. The summed E-state index contributed by atoms with van der Waals surface area (Å²) in [6, 6.07) is 33.1. The molecule has 0 radical (unpaired) electrons. The van der Waals surface area contributed by atoms with E-state index in [1.165, 1.54) is 17.5 Å². The van der Waals surface area contributed by atoms with E-state index in [4.69, 9.17) is 11.6 Å². The van der Waals surface area contributed by atoms with Gasteiger partial charge in [-0.25, -0.2) is 27.2 Å². The molecule has 296 valence electrons. The lowest BCUT2D eigenvalue weighted by Crippen LogP contribution is -2.46. The van der Waals surface area contributed by atoms with Crippen LogP contribution < -0.4 is 14.9 Å².